The Hall–Kier alpha value is -0.120. The molecule has 0 aromatic carbocycles. The Morgan fingerprint density at radius 1 is 1.17 bits per heavy atom. The van der Waals surface area contributed by atoms with Crippen LogP contribution in [0.4, 0.5) is 0 Å². The summed E-state index contributed by atoms with van der Waals surface area (Å²) < 4.78 is 12.5. The second-order valence-corrected chi connectivity index (χ2v) is 6.01. The van der Waals surface area contributed by atoms with E-state index in [1.165, 1.54) is 6.42 Å². The van der Waals surface area contributed by atoms with Crippen molar-refractivity contribution < 1.29 is 9.47 Å². The molecule has 2 fully saturated rings. The molecule has 3 nitrogen and oxygen atoms in total. The van der Waals surface area contributed by atoms with Crippen LogP contribution in [-0.2, 0) is 9.47 Å². The second-order valence-electron chi connectivity index (χ2n) is 6.01. The number of nitrogens with one attached hydrogen (secondary N) is 1. The summed E-state index contributed by atoms with van der Waals surface area (Å²) in [5.74, 6) is 0. The van der Waals surface area contributed by atoms with E-state index < -0.39 is 0 Å². The molecule has 2 aliphatic rings. The third-order valence-corrected chi connectivity index (χ3v) is 4.74. The third-order valence-electron chi connectivity index (χ3n) is 4.74. The second kappa shape index (κ2) is 5.89. The third kappa shape index (κ3) is 2.89. The van der Waals surface area contributed by atoms with E-state index in [1.807, 2.05) is 0 Å². The predicted molar refractivity (Wildman–Crippen MR) is 73.9 cm³/mol. The first-order valence-electron chi connectivity index (χ1n) is 7.70. The van der Waals surface area contributed by atoms with E-state index in [-0.39, 0.29) is 11.2 Å². The molecule has 0 amide bonds. The van der Waals surface area contributed by atoms with Crippen molar-refractivity contribution in [3.05, 3.63) is 0 Å². The molecule has 0 saturated carbocycles. The van der Waals surface area contributed by atoms with Crippen molar-refractivity contribution in [2.24, 2.45) is 0 Å². The number of morpholine rings is 1. The van der Waals surface area contributed by atoms with Gasteiger partial charge in [-0.25, -0.2) is 0 Å². The molecular formula is C15H29NO2. The zero-order valence-electron chi connectivity index (χ0n) is 12.3. The summed E-state index contributed by atoms with van der Waals surface area (Å²) in [4.78, 5) is 0. The summed E-state index contributed by atoms with van der Waals surface area (Å²) >= 11 is 0. The molecule has 2 heterocycles. The van der Waals surface area contributed by atoms with E-state index in [1.54, 1.807) is 0 Å². The predicted octanol–water partition coefficient (Wildman–Crippen LogP) is 2.88. The van der Waals surface area contributed by atoms with E-state index in [0.717, 1.165) is 51.8 Å². The summed E-state index contributed by atoms with van der Waals surface area (Å²) in [5.41, 5.74) is 0.0781. The van der Waals surface area contributed by atoms with Gasteiger partial charge in [0.2, 0.25) is 0 Å². The molecule has 2 saturated heterocycles. The molecule has 3 heteroatoms. The van der Waals surface area contributed by atoms with Crippen LogP contribution in [0.25, 0.3) is 0 Å². The minimum absolute atomic E-state index is 0.0301. The van der Waals surface area contributed by atoms with Gasteiger partial charge in [0.15, 0.2) is 0 Å². The lowest BCUT2D eigenvalue weighted by Gasteiger charge is -2.51. The number of hydrogen-bond donors (Lipinski definition) is 1. The maximum absolute atomic E-state index is 6.63. The summed E-state index contributed by atoms with van der Waals surface area (Å²) in [5, 5.41) is 3.62. The fourth-order valence-corrected chi connectivity index (χ4v) is 3.44. The molecule has 2 atom stereocenters. The Bertz CT molecular complexity index is 259. The molecule has 2 unspecified atom stereocenters. The van der Waals surface area contributed by atoms with Crippen LogP contribution >= 0.6 is 0 Å². The fourth-order valence-electron chi connectivity index (χ4n) is 3.44. The summed E-state index contributed by atoms with van der Waals surface area (Å²) in [6.45, 7) is 9.57. The zero-order chi connectivity index (χ0) is 13.1. The topological polar surface area (TPSA) is 30.5 Å². The van der Waals surface area contributed by atoms with Crippen LogP contribution in [0.5, 0.6) is 0 Å². The van der Waals surface area contributed by atoms with E-state index in [4.69, 9.17) is 9.47 Å². The van der Waals surface area contributed by atoms with Crippen molar-refractivity contribution in [2.75, 3.05) is 19.7 Å². The van der Waals surface area contributed by atoms with E-state index in [2.05, 4.69) is 26.1 Å². The highest BCUT2D eigenvalue weighted by Crippen LogP contribution is 2.38. The lowest BCUT2D eigenvalue weighted by molar-refractivity contribution is -0.222. The Morgan fingerprint density at radius 3 is 2.61 bits per heavy atom. The minimum Gasteiger partial charge on any atom is -0.378 e. The van der Waals surface area contributed by atoms with Gasteiger partial charge in [0.1, 0.15) is 0 Å². The van der Waals surface area contributed by atoms with Crippen molar-refractivity contribution in [2.45, 2.75) is 76.6 Å². The Morgan fingerprint density at radius 2 is 1.94 bits per heavy atom. The highest BCUT2D eigenvalue weighted by atomic mass is 16.5. The molecule has 2 aliphatic heterocycles. The molecule has 0 bridgehead atoms. The van der Waals surface area contributed by atoms with Crippen molar-refractivity contribution in [3.63, 3.8) is 0 Å². The van der Waals surface area contributed by atoms with Gasteiger partial charge in [-0.05, 0) is 19.3 Å². The molecule has 0 aromatic rings. The van der Waals surface area contributed by atoms with Crippen LogP contribution in [0.2, 0.25) is 0 Å². The highest BCUT2D eigenvalue weighted by molar-refractivity contribution is 4.98. The molecular weight excluding hydrogens is 226 g/mol. The molecule has 0 aliphatic carbocycles. The highest BCUT2D eigenvalue weighted by Gasteiger charge is 2.46. The van der Waals surface area contributed by atoms with Gasteiger partial charge in [-0.15, -0.1) is 0 Å². The van der Waals surface area contributed by atoms with Crippen LogP contribution in [-0.4, -0.2) is 37.0 Å². The lowest BCUT2D eigenvalue weighted by atomic mass is 9.83. The SMILES string of the molecule is CCCC1CC2(CCO1)CNCC(CC)(CC)O2. The van der Waals surface area contributed by atoms with Gasteiger partial charge in [0.05, 0.1) is 17.3 Å². The largest absolute Gasteiger partial charge is 0.378 e. The molecule has 18 heavy (non-hydrogen) atoms. The summed E-state index contributed by atoms with van der Waals surface area (Å²) in [6.07, 6.45) is 7.05. The van der Waals surface area contributed by atoms with Gasteiger partial charge in [0, 0.05) is 32.5 Å². The first kappa shape index (κ1) is 14.3. The van der Waals surface area contributed by atoms with E-state index >= 15 is 0 Å². The molecule has 0 aromatic heterocycles. The minimum atomic E-state index is 0.0301. The fraction of sp³-hybridized carbons (Fsp3) is 1.00. The quantitative estimate of drug-likeness (QED) is 0.838. The van der Waals surface area contributed by atoms with E-state index in [0.29, 0.717) is 6.10 Å². The van der Waals surface area contributed by atoms with Crippen molar-refractivity contribution in [1.82, 2.24) is 5.32 Å². The zero-order valence-corrected chi connectivity index (χ0v) is 12.3. The van der Waals surface area contributed by atoms with Crippen molar-refractivity contribution in [1.29, 1.82) is 0 Å². The van der Waals surface area contributed by atoms with Gasteiger partial charge in [-0.3, -0.25) is 0 Å². The average molecular weight is 255 g/mol. The smallest absolute Gasteiger partial charge is 0.0861 e. The number of hydrogen-bond acceptors (Lipinski definition) is 3. The van der Waals surface area contributed by atoms with Crippen LogP contribution in [0.15, 0.2) is 0 Å². The maximum atomic E-state index is 6.63. The molecule has 0 radical (unpaired) electrons. The van der Waals surface area contributed by atoms with Gasteiger partial charge >= 0.3 is 0 Å². The van der Waals surface area contributed by atoms with Gasteiger partial charge in [-0.2, -0.15) is 0 Å². The molecule has 2 rings (SSSR count). The molecule has 1 spiro atoms. The Balaban J connectivity index is 2.05. The van der Waals surface area contributed by atoms with E-state index in [9.17, 15) is 0 Å². The normalized spacial score (nSPS) is 35.8. The van der Waals surface area contributed by atoms with Gasteiger partial charge < -0.3 is 14.8 Å². The summed E-state index contributed by atoms with van der Waals surface area (Å²) in [6, 6.07) is 0. The first-order chi connectivity index (χ1) is 8.67. The standard InChI is InChI=1S/C15H29NO2/c1-4-7-13-10-15(8-9-17-13)12-16-11-14(5-2,6-3)18-15/h13,16H,4-12H2,1-3H3. The molecule has 1 N–H and O–H groups in total. The monoisotopic (exact) mass is 255 g/mol. The van der Waals surface area contributed by atoms with Gasteiger partial charge in [-0.1, -0.05) is 27.2 Å². The Kier molecular flexibility index (Phi) is 4.68. The van der Waals surface area contributed by atoms with Crippen LogP contribution < -0.4 is 5.32 Å². The van der Waals surface area contributed by atoms with Crippen LogP contribution in [0.3, 0.4) is 0 Å². The molecule has 106 valence electrons. The van der Waals surface area contributed by atoms with Crippen molar-refractivity contribution >= 4 is 0 Å². The van der Waals surface area contributed by atoms with Crippen molar-refractivity contribution in [3.8, 4) is 0 Å². The first-order valence-corrected chi connectivity index (χ1v) is 7.70. The average Bonchev–Trinajstić information content (AvgIpc) is 2.39. The van der Waals surface area contributed by atoms with Crippen LogP contribution in [0.1, 0.15) is 59.3 Å². The van der Waals surface area contributed by atoms with Crippen LogP contribution in [0, 0.1) is 0 Å². The van der Waals surface area contributed by atoms with Gasteiger partial charge in [0.25, 0.3) is 0 Å². The summed E-state index contributed by atoms with van der Waals surface area (Å²) in [7, 11) is 0. The Labute approximate surface area is 112 Å². The lowest BCUT2D eigenvalue weighted by Crippen LogP contribution is -2.62. The maximum Gasteiger partial charge on any atom is 0.0861 e. The number of rotatable bonds is 4. The number of ether oxygens (including phenoxy) is 2.